The topological polar surface area (TPSA) is 18.5 Å². The molecule has 4 heteroatoms. The molecule has 24 heavy (non-hydrogen) atoms. The molecular weight excluding hydrogens is 343 g/mol. The lowest BCUT2D eigenvalue weighted by Crippen LogP contribution is -1.99. The largest absolute Gasteiger partial charge is 0.494 e. The molecule has 0 atom stereocenters. The van der Waals surface area contributed by atoms with Crippen LogP contribution in [-0.2, 0) is 0 Å². The second-order valence-electron chi connectivity index (χ2n) is 5.91. The van der Waals surface area contributed by atoms with Crippen LogP contribution in [0, 0.1) is 0 Å². The molecule has 0 bridgehead atoms. The molecule has 0 unspecified atom stereocenters. The smallest absolute Gasteiger partial charge is 0.138 e. The fraction of sp³-hybridized carbons (Fsp3) is 0.500. The van der Waals surface area contributed by atoms with Gasteiger partial charge in [-0.05, 0) is 42.5 Å². The zero-order valence-corrected chi connectivity index (χ0v) is 15.8. The van der Waals surface area contributed by atoms with Gasteiger partial charge in [0.15, 0.2) is 0 Å². The van der Waals surface area contributed by atoms with E-state index in [0.717, 1.165) is 36.0 Å². The van der Waals surface area contributed by atoms with E-state index in [9.17, 15) is 0 Å². The van der Waals surface area contributed by atoms with Crippen molar-refractivity contribution in [3.05, 3.63) is 35.4 Å². The van der Waals surface area contributed by atoms with Crippen molar-refractivity contribution in [2.24, 2.45) is 0 Å². The van der Waals surface area contributed by atoms with Gasteiger partial charge in [0.2, 0.25) is 0 Å². The summed E-state index contributed by atoms with van der Waals surface area (Å²) in [6.45, 7) is 3.57. The van der Waals surface area contributed by atoms with Gasteiger partial charge in [-0.25, -0.2) is 0 Å². The lowest BCUT2D eigenvalue weighted by molar-refractivity contribution is 0.305. The standard InChI is InChI=1S/C20H26Cl2O2/c1-2-3-4-5-6-13-23-17-9-10-18-16(15-17)8-11-19(20(18)22)24-14-7-12-21/h8-11,15H,2-7,12-14H2,1H3. The quantitative estimate of drug-likeness (QED) is 0.318. The van der Waals surface area contributed by atoms with Crippen LogP contribution in [0.4, 0.5) is 0 Å². The number of hydrogen-bond acceptors (Lipinski definition) is 2. The van der Waals surface area contributed by atoms with Gasteiger partial charge in [0.25, 0.3) is 0 Å². The second kappa shape index (κ2) is 10.7. The van der Waals surface area contributed by atoms with Gasteiger partial charge in [-0.1, -0.05) is 50.3 Å². The molecule has 0 fully saturated rings. The fourth-order valence-electron chi connectivity index (χ4n) is 2.58. The van der Waals surface area contributed by atoms with E-state index in [1.807, 2.05) is 30.3 Å². The summed E-state index contributed by atoms with van der Waals surface area (Å²) in [5.41, 5.74) is 0. The van der Waals surface area contributed by atoms with Gasteiger partial charge < -0.3 is 9.47 Å². The molecule has 0 amide bonds. The zero-order valence-electron chi connectivity index (χ0n) is 14.3. The zero-order chi connectivity index (χ0) is 17.2. The number of alkyl halides is 1. The van der Waals surface area contributed by atoms with Gasteiger partial charge in [0.1, 0.15) is 11.5 Å². The molecule has 0 aromatic heterocycles. The highest BCUT2D eigenvalue weighted by molar-refractivity contribution is 6.37. The van der Waals surface area contributed by atoms with E-state index >= 15 is 0 Å². The summed E-state index contributed by atoms with van der Waals surface area (Å²) >= 11 is 12.1. The van der Waals surface area contributed by atoms with Gasteiger partial charge in [0, 0.05) is 11.3 Å². The van der Waals surface area contributed by atoms with Crippen LogP contribution in [0.5, 0.6) is 11.5 Å². The number of rotatable bonds is 11. The molecule has 0 spiro atoms. The van der Waals surface area contributed by atoms with Crippen LogP contribution in [0.3, 0.4) is 0 Å². The summed E-state index contributed by atoms with van der Waals surface area (Å²) in [6, 6.07) is 9.94. The van der Waals surface area contributed by atoms with Crippen LogP contribution in [0.1, 0.15) is 45.4 Å². The molecule has 132 valence electrons. The highest BCUT2D eigenvalue weighted by Gasteiger charge is 2.08. The first-order valence-electron chi connectivity index (χ1n) is 8.80. The SMILES string of the molecule is CCCCCCCOc1ccc2c(Cl)c(OCCCCl)ccc2c1. The minimum Gasteiger partial charge on any atom is -0.494 e. The van der Waals surface area contributed by atoms with Crippen molar-refractivity contribution in [2.75, 3.05) is 19.1 Å². The average Bonchev–Trinajstić information content (AvgIpc) is 2.60. The van der Waals surface area contributed by atoms with Crippen molar-refractivity contribution < 1.29 is 9.47 Å². The maximum absolute atomic E-state index is 6.45. The Morgan fingerprint density at radius 1 is 0.875 bits per heavy atom. The molecule has 0 heterocycles. The maximum Gasteiger partial charge on any atom is 0.138 e. The molecule has 0 saturated carbocycles. The summed E-state index contributed by atoms with van der Waals surface area (Å²) in [7, 11) is 0. The van der Waals surface area contributed by atoms with Gasteiger partial charge in [0.05, 0.1) is 18.2 Å². The van der Waals surface area contributed by atoms with Crippen molar-refractivity contribution in [3.63, 3.8) is 0 Å². The maximum atomic E-state index is 6.45. The van der Waals surface area contributed by atoms with Crippen molar-refractivity contribution in [2.45, 2.75) is 45.4 Å². The first-order valence-corrected chi connectivity index (χ1v) is 9.71. The molecule has 0 saturated heterocycles. The molecule has 0 aliphatic heterocycles. The number of unbranched alkanes of at least 4 members (excludes halogenated alkanes) is 4. The monoisotopic (exact) mass is 368 g/mol. The molecule has 2 aromatic carbocycles. The Labute approximate surface area is 155 Å². The van der Waals surface area contributed by atoms with Crippen molar-refractivity contribution >= 4 is 34.0 Å². The lowest BCUT2D eigenvalue weighted by atomic mass is 10.1. The normalized spacial score (nSPS) is 11.0. The van der Waals surface area contributed by atoms with Crippen LogP contribution < -0.4 is 9.47 Å². The fourth-order valence-corrected chi connectivity index (χ4v) is 2.98. The van der Waals surface area contributed by atoms with Gasteiger partial charge in [-0.3, -0.25) is 0 Å². The van der Waals surface area contributed by atoms with Gasteiger partial charge in [-0.15, -0.1) is 11.6 Å². The van der Waals surface area contributed by atoms with Crippen LogP contribution in [0.2, 0.25) is 5.02 Å². The Morgan fingerprint density at radius 2 is 1.67 bits per heavy atom. The van der Waals surface area contributed by atoms with Gasteiger partial charge in [-0.2, -0.15) is 0 Å². The molecule has 2 nitrogen and oxygen atoms in total. The van der Waals surface area contributed by atoms with Crippen molar-refractivity contribution in [1.29, 1.82) is 0 Å². The Kier molecular flexibility index (Phi) is 8.55. The highest BCUT2D eigenvalue weighted by Crippen LogP contribution is 2.34. The van der Waals surface area contributed by atoms with E-state index in [4.69, 9.17) is 32.7 Å². The molecule has 0 radical (unpaired) electrons. The van der Waals surface area contributed by atoms with Gasteiger partial charge >= 0.3 is 0 Å². The van der Waals surface area contributed by atoms with Crippen LogP contribution >= 0.6 is 23.2 Å². The van der Waals surface area contributed by atoms with E-state index in [0.29, 0.717) is 23.3 Å². The second-order valence-corrected chi connectivity index (χ2v) is 6.67. The third-order valence-electron chi connectivity index (χ3n) is 3.94. The molecule has 2 aromatic rings. The number of hydrogen-bond donors (Lipinski definition) is 0. The summed E-state index contributed by atoms with van der Waals surface area (Å²) < 4.78 is 11.5. The third-order valence-corrected chi connectivity index (χ3v) is 4.60. The molecule has 2 rings (SSSR count). The number of ether oxygens (including phenoxy) is 2. The number of halogens is 2. The summed E-state index contributed by atoms with van der Waals surface area (Å²) in [4.78, 5) is 0. The lowest BCUT2D eigenvalue weighted by Gasteiger charge is -2.11. The predicted octanol–water partition coefficient (Wildman–Crippen LogP) is 6.85. The average molecular weight is 369 g/mol. The minimum atomic E-state index is 0.577. The van der Waals surface area contributed by atoms with E-state index in [-0.39, 0.29) is 0 Å². The van der Waals surface area contributed by atoms with E-state index in [2.05, 4.69) is 6.92 Å². The Balaban J connectivity index is 1.94. The van der Waals surface area contributed by atoms with E-state index < -0.39 is 0 Å². The summed E-state index contributed by atoms with van der Waals surface area (Å²) in [5.74, 6) is 2.19. The minimum absolute atomic E-state index is 0.577. The van der Waals surface area contributed by atoms with E-state index in [1.54, 1.807) is 0 Å². The first kappa shape index (κ1) is 19.2. The Hall–Kier alpha value is -1.12. The third kappa shape index (κ3) is 5.75. The Morgan fingerprint density at radius 3 is 2.46 bits per heavy atom. The molecule has 0 aliphatic rings. The van der Waals surface area contributed by atoms with Crippen LogP contribution in [-0.4, -0.2) is 19.1 Å². The van der Waals surface area contributed by atoms with E-state index in [1.165, 1.54) is 25.7 Å². The summed E-state index contributed by atoms with van der Waals surface area (Å²) in [6.07, 6.45) is 7.01. The summed E-state index contributed by atoms with van der Waals surface area (Å²) in [5, 5.41) is 2.69. The number of benzene rings is 2. The highest BCUT2D eigenvalue weighted by atomic mass is 35.5. The Bertz CT molecular complexity index is 628. The molecular formula is C20H26Cl2O2. The van der Waals surface area contributed by atoms with Crippen molar-refractivity contribution in [3.8, 4) is 11.5 Å². The first-order chi connectivity index (χ1) is 11.8. The van der Waals surface area contributed by atoms with Crippen LogP contribution in [0.25, 0.3) is 10.8 Å². The predicted molar refractivity (Wildman–Crippen MR) is 104 cm³/mol. The van der Waals surface area contributed by atoms with Crippen LogP contribution in [0.15, 0.2) is 30.3 Å². The number of fused-ring (bicyclic) bond motifs is 1. The molecule has 0 aliphatic carbocycles. The molecule has 0 N–H and O–H groups in total. The van der Waals surface area contributed by atoms with Crippen molar-refractivity contribution in [1.82, 2.24) is 0 Å².